The van der Waals surface area contributed by atoms with Gasteiger partial charge in [0.05, 0.1) is 18.4 Å². The van der Waals surface area contributed by atoms with Crippen LogP contribution in [0.4, 0.5) is 19.1 Å². The first-order valence-corrected chi connectivity index (χ1v) is 12.0. The lowest BCUT2D eigenvalue weighted by molar-refractivity contribution is -0.142. The van der Waals surface area contributed by atoms with E-state index >= 15 is 0 Å². The number of carbonyl (C=O) groups is 1. The topological polar surface area (TPSA) is 90.0 Å². The summed E-state index contributed by atoms with van der Waals surface area (Å²) in [4.78, 5) is 21.5. The van der Waals surface area contributed by atoms with E-state index < -0.39 is 17.8 Å². The molecule has 38 heavy (non-hydrogen) atoms. The Hall–Kier alpha value is -4.25. The zero-order chi connectivity index (χ0) is 27.0. The number of nitrogens with zero attached hydrogens (tertiary/aromatic N) is 6. The second kappa shape index (κ2) is 9.90. The van der Waals surface area contributed by atoms with Gasteiger partial charge in [0.15, 0.2) is 11.3 Å². The van der Waals surface area contributed by atoms with Crippen LogP contribution < -0.4 is 5.32 Å². The summed E-state index contributed by atoms with van der Waals surface area (Å²) >= 11 is 5.91. The van der Waals surface area contributed by atoms with E-state index in [9.17, 15) is 18.0 Å². The summed E-state index contributed by atoms with van der Waals surface area (Å²) in [7, 11) is 0. The number of fused-ring (bicyclic) bond motifs is 1. The first kappa shape index (κ1) is 25.4. The molecule has 1 amide bonds. The van der Waals surface area contributed by atoms with Gasteiger partial charge in [0, 0.05) is 10.6 Å². The summed E-state index contributed by atoms with van der Waals surface area (Å²) in [5, 5.41) is 11.1. The highest BCUT2D eigenvalue weighted by atomic mass is 35.5. The van der Waals surface area contributed by atoms with Crippen molar-refractivity contribution in [2.75, 3.05) is 5.32 Å². The molecule has 0 aliphatic carbocycles. The Morgan fingerprint density at radius 1 is 1.08 bits per heavy atom. The first-order valence-electron chi connectivity index (χ1n) is 11.6. The second-order valence-electron chi connectivity index (χ2n) is 8.94. The first-order chi connectivity index (χ1) is 18.1. The molecule has 1 N–H and O–H groups in total. The van der Waals surface area contributed by atoms with Gasteiger partial charge < -0.3 is 0 Å². The number of nitrogens with one attached hydrogen (secondary N) is 1. The number of benzene rings is 2. The van der Waals surface area contributed by atoms with Crippen LogP contribution in [0.5, 0.6) is 0 Å². The molecule has 0 fully saturated rings. The summed E-state index contributed by atoms with van der Waals surface area (Å²) in [5.74, 6) is -0.490. The van der Waals surface area contributed by atoms with Gasteiger partial charge in [-0.3, -0.25) is 10.1 Å². The number of carbonyl (C=O) groups excluding carboxylic acids is 1. The van der Waals surface area contributed by atoms with Gasteiger partial charge in [-0.25, -0.2) is 19.2 Å². The van der Waals surface area contributed by atoms with Crippen molar-refractivity contribution in [3.63, 3.8) is 0 Å². The SMILES string of the molecule is CC(C)c1ccc(-c2cc(C(F)(F)F)n3ncc(C(=O)Nc4ncn(Cc5ccc(Cl)cc5)n4)c3n2)cc1. The fourth-order valence-corrected chi connectivity index (χ4v) is 4.01. The van der Waals surface area contributed by atoms with Crippen LogP contribution in [-0.2, 0) is 12.7 Å². The molecule has 5 rings (SSSR count). The molecule has 0 spiro atoms. The third-order valence-electron chi connectivity index (χ3n) is 5.90. The molecule has 0 atom stereocenters. The molecule has 8 nitrogen and oxygen atoms in total. The molecule has 0 aliphatic heterocycles. The number of anilines is 1. The minimum absolute atomic E-state index is 0.0141. The fraction of sp³-hybridized carbons (Fsp3) is 0.192. The van der Waals surface area contributed by atoms with Crippen molar-refractivity contribution in [2.45, 2.75) is 32.5 Å². The van der Waals surface area contributed by atoms with Gasteiger partial charge in [0.1, 0.15) is 11.9 Å². The van der Waals surface area contributed by atoms with Crippen LogP contribution in [0.3, 0.4) is 0 Å². The van der Waals surface area contributed by atoms with Crippen LogP contribution in [0, 0.1) is 0 Å². The molecule has 0 unspecified atom stereocenters. The zero-order valence-electron chi connectivity index (χ0n) is 20.2. The maximum absolute atomic E-state index is 13.9. The lowest BCUT2D eigenvalue weighted by atomic mass is 10.0. The lowest BCUT2D eigenvalue weighted by Crippen LogP contribution is -2.16. The maximum Gasteiger partial charge on any atom is 0.433 e. The van der Waals surface area contributed by atoms with Gasteiger partial charge in [-0.05, 0) is 35.2 Å². The number of amides is 1. The summed E-state index contributed by atoms with van der Waals surface area (Å²) in [6, 6.07) is 15.2. The fourth-order valence-electron chi connectivity index (χ4n) is 3.89. The summed E-state index contributed by atoms with van der Waals surface area (Å²) in [6.45, 7) is 4.42. The number of aromatic nitrogens is 6. The van der Waals surface area contributed by atoms with Crippen molar-refractivity contribution < 1.29 is 18.0 Å². The van der Waals surface area contributed by atoms with Gasteiger partial charge in [-0.1, -0.05) is 61.8 Å². The van der Waals surface area contributed by atoms with E-state index in [0.29, 0.717) is 21.6 Å². The van der Waals surface area contributed by atoms with Crippen molar-refractivity contribution in [1.29, 1.82) is 0 Å². The van der Waals surface area contributed by atoms with Crippen molar-refractivity contribution in [3.05, 3.63) is 94.5 Å². The Balaban J connectivity index is 1.45. The predicted octanol–water partition coefficient (Wildman–Crippen LogP) is 6.08. The van der Waals surface area contributed by atoms with E-state index in [0.717, 1.165) is 23.4 Å². The van der Waals surface area contributed by atoms with Gasteiger partial charge in [0.25, 0.3) is 5.91 Å². The van der Waals surface area contributed by atoms with E-state index in [-0.39, 0.29) is 28.8 Å². The Kier molecular flexibility index (Phi) is 6.62. The smallest absolute Gasteiger partial charge is 0.289 e. The van der Waals surface area contributed by atoms with Gasteiger partial charge in [-0.15, -0.1) is 5.10 Å². The highest BCUT2D eigenvalue weighted by Crippen LogP contribution is 2.33. The molecule has 0 aliphatic rings. The number of alkyl halides is 3. The van der Waals surface area contributed by atoms with E-state index in [2.05, 4.69) is 25.5 Å². The molecule has 3 aromatic heterocycles. The predicted molar refractivity (Wildman–Crippen MR) is 136 cm³/mol. The number of rotatable bonds is 6. The second-order valence-corrected chi connectivity index (χ2v) is 9.38. The molecule has 3 heterocycles. The molecular weight excluding hydrogens is 519 g/mol. The van der Waals surface area contributed by atoms with Crippen molar-refractivity contribution in [3.8, 4) is 11.3 Å². The van der Waals surface area contributed by atoms with E-state index in [1.165, 1.54) is 11.0 Å². The lowest BCUT2D eigenvalue weighted by Gasteiger charge is -2.12. The maximum atomic E-state index is 13.9. The van der Waals surface area contributed by atoms with Crippen LogP contribution in [0.2, 0.25) is 5.02 Å². The minimum atomic E-state index is -4.73. The summed E-state index contributed by atoms with van der Waals surface area (Å²) < 4.78 is 43.9. The van der Waals surface area contributed by atoms with Crippen LogP contribution >= 0.6 is 11.6 Å². The minimum Gasteiger partial charge on any atom is -0.289 e. The third-order valence-corrected chi connectivity index (χ3v) is 6.15. The van der Waals surface area contributed by atoms with Crippen LogP contribution in [0.1, 0.15) is 46.9 Å². The molecule has 5 aromatic rings. The van der Waals surface area contributed by atoms with Crippen LogP contribution in [0.25, 0.3) is 16.9 Å². The van der Waals surface area contributed by atoms with E-state index in [1.807, 2.05) is 38.1 Å². The Morgan fingerprint density at radius 2 is 1.79 bits per heavy atom. The Bertz CT molecular complexity index is 1610. The van der Waals surface area contributed by atoms with Gasteiger partial charge in [-0.2, -0.15) is 18.3 Å². The number of hydrogen-bond acceptors (Lipinski definition) is 5. The Labute approximate surface area is 220 Å². The van der Waals surface area contributed by atoms with Gasteiger partial charge in [0.2, 0.25) is 5.95 Å². The summed E-state index contributed by atoms with van der Waals surface area (Å²) in [6.07, 6.45) is -2.25. The molecule has 12 heteroatoms. The molecule has 0 radical (unpaired) electrons. The summed E-state index contributed by atoms with van der Waals surface area (Å²) in [5.41, 5.74) is 1.08. The van der Waals surface area contributed by atoms with Crippen molar-refractivity contribution in [2.24, 2.45) is 0 Å². The molecule has 0 saturated carbocycles. The van der Waals surface area contributed by atoms with Crippen molar-refractivity contribution in [1.82, 2.24) is 29.4 Å². The van der Waals surface area contributed by atoms with E-state index in [1.54, 1.807) is 24.3 Å². The monoisotopic (exact) mass is 539 g/mol. The molecule has 194 valence electrons. The quantitative estimate of drug-likeness (QED) is 0.282. The zero-order valence-corrected chi connectivity index (χ0v) is 21.0. The third kappa shape index (κ3) is 5.23. The van der Waals surface area contributed by atoms with Crippen LogP contribution in [0.15, 0.2) is 67.1 Å². The molecule has 0 saturated heterocycles. The average molecular weight is 540 g/mol. The molecule has 0 bridgehead atoms. The number of hydrogen-bond donors (Lipinski definition) is 1. The van der Waals surface area contributed by atoms with Crippen LogP contribution in [-0.4, -0.2) is 35.3 Å². The molecule has 2 aromatic carbocycles. The Morgan fingerprint density at radius 3 is 2.45 bits per heavy atom. The van der Waals surface area contributed by atoms with Gasteiger partial charge >= 0.3 is 6.18 Å². The average Bonchev–Trinajstić information content (AvgIpc) is 3.51. The largest absolute Gasteiger partial charge is 0.433 e. The molecular formula is C26H21ClF3N7O. The highest BCUT2D eigenvalue weighted by Gasteiger charge is 2.36. The highest BCUT2D eigenvalue weighted by molar-refractivity contribution is 6.30. The van der Waals surface area contributed by atoms with E-state index in [4.69, 9.17) is 11.6 Å². The standard InChI is InChI=1S/C26H21ClF3N7O/c1-15(2)17-5-7-18(8-6-17)21-11-22(26(28,29)30)37-23(33-21)20(12-32-37)24(38)34-25-31-14-36(35-25)13-16-3-9-19(27)10-4-16/h3-12,14-15H,13H2,1-2H3,(H,34,35,38). The number of halogens is 4. The van der Waals surface area contributed by atoms with Crippen molar-refractivity contribution >= 4 is 29.1 Å². The normalized spacial score (nSPS) is 11.9.